The first kappa shape index (κ1) is 25.7. The van der Waals surface area contributed by atoms with E-state index < -0.39 is 12.3 Å². The van der Waals surface area contributed by atoms with Gasteiger partial charge in [-0.25, -0.2) is 24.7 Å². The molecule has 1 saturated heterocycles. The molecule has 12 heteroatoms. The Bertz CT molecular complexity index is 1300. The SMILES string of the molecule is CC1CCC(Cn2c(N(C)Cc3ccncn3)nc3nc(C4NOC(=O)N4)nc(N[C@H](C)C4CCC4)c32)CC1. The van der Waals surface area contributed by atoms with Crippen LogP contribution in [0.3, 0.4) is 0 Å². The van der Waals surface area contributed by atoms with Gasteiger partial charge in [-0.3, -0.25) is 5.32 Å². The van der Waals surface area contributed by atoms with E-state index >= 15 is 0 Å². The van der Waals surface area contributed by atoms with Crippen molar-refractivity contribution in [3.05, 3.63) is 30.1 Å². The Hall–Kier alpha value is -3.54. The summed E-state index contributed by atoms with van der Waals surface area (Å²) in [6.07, 6.45) is 10.7. The zero-order valence-corrected chi connectivity index (χ0v) is 22.9. The highest BCUT2D eigenvalue weighted by Crippen LogP contribution is 2.36. The third-order valence-electron chi connectivity index (χ3n) is 8.57. The van der Waals surface area contributed by atoms with Crippen LogP contribution in [-0.4, -0.2) is 48.7 Å². The van der Waals surface area contributed by atoms with Crippen molar-refractivity contribution in [2.75, 3.05) is 17.3 Å². The van der Waals surface area contributed by atoms with Gasteiger partial charge in [0.25, 0.3) is 0 Å². The summed E-state index contributed by atoms with van der Waals surface area (Å²) in [5, 5.41) is 6.44. The van der Waals surface area contributed by atoms with Crippen molar-refractivity contribution in [2.45, 2.75) is 84.1 Å². The van der Waals surface area contributed by atoms with Crippen molar-refractivity contribution >= 4 is 29.0 Å². The number of amides is 1. The average molecular weight is 535 g/mol. The van der Waals surface area contributed by atoms with Gasteiger partial charge in [-0.15, -0.1) is 5.48 Å². The van der Waals surface area contributed by atoms with Crippen LogP contribution in [0.15, 0.2) is 18.6 Å². The van der Waals surface area contributed by atoms with E-state index in [-0.39, 0.29) is 6.04 Å². The number of carbonyl (C=O) groups is 1. The minimum Gasteiger partial charge on any atom is -0.365 e. The lowest BCUT2D eigenvalue weighted by Gasteiger charge is -2.32. The summed E-state index contributed by atoms with van der Waals surface area (Å²) < 4.78 is 2.30. The Morgan fingerprint density at radius 2 is 2.00 bits per heavy atom. The largest absolute Gasteiger partial charge is 0.427 e. The summed E-state index contributed by atoms with van der Waals surface area (Å²) in [6.45, 7) is 6.01. The molecule has 1 amide bonds. The van der Waals surface area contributed by atoms with Gasteiger partial charge in [0.2, 0.25) is 5.95 Å². The number of anilines is 2. The van der Waals surface area contributed by atoms with E-state index in [1.54, 1.807) is 12.5 Å². The van der Waals surface area contributed by atoms with Crippen LogP contribution < -0.4 is 21.0 Å². The van der Waals surface area contributed by atoms with Crippen LogP contribution >= 0.6 is 0 Å². The molecule has 1 aliphatic heterocycles. The van der Waals surface area contributed by atoms with Crippen molar-refractivity contribution in [1.82, 2.24) is 40.3 Å². The second kappa shape index (κ2) is 10.9. The summed E-state index contributed by atoms with van der Waals surface area (Å²) in [4.78, 5) is 42.1. The van der Waals surface area contributed by atoms with Crippen molar-refractivity contribution in [3.63, 3.8) is 0 Å². The number of hydrogen-bond donors (Lipinski definition) is 3. The first-order valence-electron chi connectivity index (χ1n) is 14.2. The number of nitrogens with one attached hydrogen (secondary N) is 3. The molecule has 1 unspecified atom stereocenters. The minimum atomic E-state index is -0.645. The van der Waals surface area contributed by atoms with E-state index in [2.05, 4.69) is 49.4 Å². The molecule has 208 valence electrons. The van der Waals surface area contributed by atoms with Gasteiger partial charge < -0.3 is 19.6 Å². The second-order valence-corrected chi connectivity index (χ2v) is 11.5. The van der Waals surface area contributed by atoms with Crippen LogP contribution in [-0.2, 0) is 17.9 Å². The minimum absolute atomic E-state index is 0.258. The maximum absolute atomic E-state index is 11.8. The standard InChI is InChI=1S/C27H38N10O2/c1-16-7-9-18(10-8-16)13-37-21-22(30-17(2)19-5-4-6-19)31-24(25-34-27(38)39-35-25)32-23(21)33-26(37)36(3)14-20-11-12-28-15-29-20/h11-12,15-19,25,35H,4-10,13-14H2,1-3H3,(H,34,38)(H,30,31,32)/t16?,17-,18?,25?/m1/s1. The number of aromatic nitrogens is 6. The molecule has 3 N–H and O–H groups in total. The third-order valence-corrected chi connectivity index (χ3v) is 8.57. The van der Waals surface area contributed by atoms with Crippen molar-refractivity contribution in [3.8, 4) is 0 Å². The normalized spacial score (nSPS) is 24.2. The van der Waals surface area contributed by atoms with Gasteiger partial charge in [-0.1, -0.05) is 26.2 Å². The smallest absolute Gasteiger partial charge is 0.365 e. The van der Waals surface area contributed by atoms with E-state index in [9.17, 15) is 4.79 Å². The first-order chi connectivity index (χ1) is 18.9. The van der Waals surface area contributed by atoms with Gasteiger partial charge in [-0.2, -0.15) is 4.98 Å². The van der Waals surface area contributed by atoms with Gasteiger partial charge >= 0.3 is 6.09 Å². The maximum Gasteiger partial charge on any atom is 0.427 e. The number of nitrogens with zero attached hydrogens (tertiary/aromatic N) is 7. The number of hydrogen-bond acceptors (Lipinski definition) is 10. The van der Waals surface area contributed by atoms with Gasteiger partial charge in [0.15, 0.2) is 23.5 Å². The van der Waals surface area contributed by atoms with Gasteiger partial charge in [0.1, 0.15) is 11.8 Å². The quantitative estimate of drug-likeness (QED) is 0.371. The molecular weight excluding hydrogens is 496 g/mol. The molecule has 2 atom stereocenters. The summed E-state index contributed by atoms with van der Waals surface area (Å²) in [7, 11) is 2.04. The van der Waals surface area contributed by atoms with E-state index in [0.29, 0.717) is 29.9 Å². The number of rotatable bonds is 9. The monoisotopic (exact) mass is 534 g/mol. The lowest BCUT2D eigenvalue weighted by atomic mass is 9.80. The predicted octanol–water partition coefficient (Wildman–Crippen LogP) is 3.92. The fraction of sp³-hybridized carbons (Fsp3) is 0.630. The second-order valence-electron chi connectivity index (χ2n) is 11.5. The molecule has 3 fully saturated rings. The summed E-state index contributed by atoms with van der Waals surface area (Å²) >= 11 is 0. The van der Waals surface area contributed by atoms with E-state index in [1.807, 2.05) is 13.1 Å². The molecule has 3 aromatic heterocycles. The Morgan fingerprint density at radius 3 is 2.67 bits per heavy atom. The van der Waals surface area contributed by atoms with E-state index in [4.69, 9.17) is 19.8 Å². The molecule has 0 radical (unpaired) electrons. The van der Waals surface area contributed by atoms with E-state index in [1.165, 1.54) is 44.9 Å². The highest BCUT2D eigenvalue weighted by atomic mass is 16.7. The van der Waals surface area contributed by atoms with Gasteiger partial charge in [0.05, 0.1) is 12.2 Å². The zero-order valence-electron chi connectivity index (χ0n) is 22.9. The molecule has 0 bridgehead atoms. The van der Waals surface area contributed by atoms with Crippen LogP contribution in [0.4, 0.5) is 16.6 Å². The van der Waals surface area contributed by atoms with Crippen LogP contribution in [0.25, 0.3) is 11.2 Å². The summed E-state index contributed by atoms with van der Waals surface area (Å²) in [5.74, 6) is 3.94. The van der Waals surface area contributed by atoms with Crippen LogP contribution in [0.5, 0.6) is 0 Å². The number of fused-ring (bicyclic) bond motifs is 1. The number of hydroxylamine groups is 1. The number of imidazole rings is 1. The topological polar surface area (TPSA) is 135 Å². The van der Waals surface area contributed by atoms with Crippen LogP contribution in [0.1, 0.15) is 76.5 Å². The Balaban J connectivity index is 1.43. The molecule has 12 nitrogen and oxygen atoms in total. The highest BCUT2D eigenvalue weighted by molar-refractivity contribution is 5.86. The molecule has 4 heterocycles. The van der Waals surface area contributed by atoms with Gasteiger partial charge in [0, 0.05) is 25.8 Å². The molecule has 39 heavy (non-hydrogen) atoms. The summed E-state index contributed by atoms with van der Waals surface area (Å²) in [6, 6.07) is 2.18. The summed E-state index contributed by atoms with van der Waals surface area (Å²) in [5.41, 5.74) is 5.10. The van der Waals surface area contributed by atoms with Crippen LogP contribution in [0, 0.1) is 17.8 Å². The Labute approximate surface area is 228 Å². The highest BCUT2D eigenvalue weighted by Gasteiger charge is 2.32. The lowest BCUT2D eigenvalue weighted by Crippen LogP contribution is -2.32. The van der Waals surface area contributed by atoms with Crippen molar-refractivity contribution in [1.29, 1.82) is 0 Å². The molecular formula is C27H38N10O2. The average Bonchev–Trinajstić information content (AvgIpc) is 3.49. The van der Waals surface area contributed by atoms with Crippen molar-refractivity contribution in [2.24, 2.45) is 17.8 Å². The maximum atomic E-state index is 11.8. The van der Waals surface area contributed by atoms with E-state index in [0.717, 1.165) is 35.4 Å². The molecule has 2 aliphatic carbocycles. The van der Waals surface area contributed by atoms with Crippen LogP contribution in [0.2, 0.25) is 0 Å². The predicted molar refractivity (Wildman–Crippen MR) is 147 cm³/mol. The third kappa shape index (κ3) is 5.47. The fourth-order valence-corrected chi connectivity index (χ4v) is 5.91. The lowest BCUT2D eigenvalue weighted by molar-refractivity contribution is 0.120. The molecule has 0 spiro atoms. The molecule has 0 aromatic carbocycles. The Morgan fingerprint density at radius 1 is 1.18 bits per heavy atom. The Kier molecular flexibility index (Phi) is 7.20. The van der Waals surface area contributed by atoms with Gasteiger partial charge in [-0.05, 0) is 56.4 Å². The molecule has 3 aliphatic rings. The zero-order chi connectivity index (χ0) is 26.9. The molecule has 6 rings (SSSR count). The fourth-order valence-electron chi connectivity index (χ4n) is 5.91. The number of carbonyl (C=O) groups excluding carboxylic acids is 1. The molecule has 2 saturated carbocycles. The first-order valence-corrected chi connectivity index (χ1v) is 14.2. The molecule has 3 aromatic rings. The van der Waals surface area contributed by atoms with Crippen molar-refractivity contribution < 1.29 is 9.63 Å².